The van der Waals surface area contributed by atoms with Crippen LogP contribution in [0.4, 0.5) is 0 Å². The summed E-state index contributed by atoms with van der Waals surface area (Å²) in [4.78, 5) is 20.6. The zero-order chi connectivity index (χ0) is 14.7. The van der Waals surface area contributed by atoms with Gasteiger partial charge in [0, 0.05) is 14.2 Å². The van der Waals surface area contributed by atoms with Gasteiger partial charge in [0.25, 0.3) is 0 Å². The molecule has 5 nitrogen and oxygen atoms in total. The molecule has 1 aromatic carbocycles. The van der Waals surface area contributed by atoms with E-state index in [1.54, 1.807) is 18.2 Å². The number of ketones is 1. The summed E-state index contributed by atoms with van der Waals surface area (Å²) in [6, 6.07) is 5.08. The molecule has 0 N–H and O–H groups in total. The van der Waals surface area contributed by atoms with Crippen LogP contribution in [0.5, 0.6) is 11.8 Å². The summed E-state index contributed by atoms with van der Waals surface area (Å²) in [6.07, 6.45) is 1.37. The highest BCUT2D eigenvalue weighted by Gasteiger charge is 2.20. The zero-order valence-corrected chi connectivity index (χ0v) is 13.6. The molecule has 0 bridgehead atoms. The van der Waals surface area contributed by atoms with Crippen LogP contribution in [-0.2, 0) is 0 Å². The molecular weight excluding hydrogens is 395 g/mol. The van der Waals surface area contributed by atoms with Gasteiger partial charge in [0.05, 0.1) is 20.4 Å². The smallest absolute Gasteiger partial charge is 0.247 e. The Hall–Kier alpha value is -1.41. The molecule has 20 heavy (non-hydrogen) atoms. The van der Waals surface area contributed by atoms with E-state index < -0.39 is 0 Å². The summed E-state index contributed by atoms with van der Waals surface area (Å²) >= 11 is 7.99. The van der Waals surface area contributed by atoms with Crippen molar-refractivity contribution in [3.05, 3.63) is 44.2 Å². The van der Waals surface area contributed by atoms with Gasteiger partial charge >= 0.3 is 0 Å². The van der Waals surface area contributed by atoms with Crippen molar-refractivity contribution in [3.8, 4) is 11.8 Å². The summed E-state index contributed by atoms with van der Waals surface area (Å²) in [6.45, 7) is 0. The van der Waals surface area contributed by atoms with Crippen LogP contribution in [0.2, 0.25) is 5.02 Å². The fraction of sp³-hybridized carbons (Fsp3) is 0.154. The highest BCUT2D eigenvalue weighted by molar-refractivity contribution is 14.1. The first-order valence-electron chi connectivity index (χ1n) is 5.51. The Morgan fingerprint density at radius 3 is 2.70 bits per heavy atom. The summed E-state index contributed by atoms with van der Waals surface area (Å²) < 4.78 is 10.8. The van der Waals surface area contributed by atoms with E-state index in [2.05, 4.69) is 32.6 Å². The monoisotopic (exact) mass is 404 g/mol. The van der Waals surface area contributed by atoms with Gasteiger partial charge in [-0.3, -0.25) is 4.79 Å². The van der Waals surface area contributed by atoms with Gasteiger partial charge in [-0.25, -0.2) is 4.98 Å². The third-order valence-electron chi connectivity index (χ3n) is 2.51. The van der Waals surface area contributed by atoms with Gasteiger partial charge in [-0.1, -0.05) is 11.6 Å². The molecule has 0 saturated heterocycles. The van der Waals surface area contributed by atoms with Gasteiger partial charge in [-0.15, -0.1) is 0 Å². The molecule has 0 radical (unpaired) electrons. The summed E-state index contributed by atoms with van der Waals surface area (Å²) in [7, 11) is 2.88. The Labute approximate surface area is 134 Å². The lowest BCUT2D eigenvalue weighted by atomic mass is 10.1. The maximum absolute atomic E-state index is 12.5. The average molecular weight is 405 g/mol. The normalized spacial score (nSPS) is 10.2. The minimum atomic E-state index is -0.302. The van der Waals surface area contributed by atoms with E-state index >= 15 is 0 Å². The SMILES string of the molecule is COc1cnc(C(=O)c2cc(Cl)ccc2I)c(OC)n1. The quantitative estimate of drug-likeness (QED) is 0.579. The van der Waals surface area contributed by atoms with Gasteiger partial charge in [-0.2, -0.15) is 4.98 Å². The number of nitrogens with zero attached hydrogens (tertiary/aromatic N) is 2. The van der Waals surface area contributed by atoms with Crippen molar-refractivity contribution in [2.75, 3.05) is 14.2 Å². The van der Waals surface area contributed by atoms with Crippen LogP contribution in [-0.4, -0.2) is 30.0 Å². The van der Waals surface area contributed by atoms with Crippen molar-refractivity contribution < 1.29 is 14.3 Å². The fourth-order valence-corrected chi connectivity index (χ4v) is 2.30. The molecule has 0 amide bonds. The van der Waals surface area contributed by atoms with Crippen LogP contribution in [0.15, 0.2) is 24.4 Å². The lowest BCUT2D eigenvalue weighted by molar-refractivity contribution is 0.102. The molecule has 1 heterocycles. The molecule has 0 atom stereocenters. The molecule has 0 fully saturated rings. The molecule has 0 aliphatic heterocycles. The highest BCUT2D eigenvalue weighted by Crippen LogP contribution is 2.24. The Morgan fingerprint density at radius 2 is 2.05 bits per heavy atom. The van der Waals surface area contributed by atoms with Crippen molar-refractivity contribution in [3.63, 3.8) is 0 Å². The van der Waals surface area contributed by atoms with E-state index in [-0.39, 0.29) is 23.2 Å². The van der Waals surface area contributed by atoms with Crippen LogP contribution >= 0.6 is 34.2 Å². The Bertz CT molecular complexity index is 664. The van der Waals surface area contributed by atoms with Crippen LogP contribution in [0.1, 0.15) is 16.1 Å². The van der Waals surface area contributed by atoms with E-state index in [1.165, 1.54) is 20.4 Å². The first-order chi connectivity index (χ1) is 9.56. The molecule has 0 unspecified atom stereocenters. The number of rotatable bonds is 4. The molecule has 1 aromatic heterocycles. The molecule has 0 aliphatic carbocycles. The van der Waals surface area contributed by atoms with Crippen LogP contribution in [0, 0.1) is 3.57 Å². The summed E-state index contributed by atoms with van der Waals surface area (Å²) in [5.74, 6) is 0.0909. The number of halogens is 2. The number of hydrogen-bond acceptors (Lipinski definition) is 5. The fourth-order valence-electron chi connectivity index (χ4n) is 1.55. The van der Waals surface area contributed by atoms with Crippen LogP contribution < -0.4 is 9.47 Å². The zero-order valence-electron chi connectivity index (χ0n) is 10.7. The number of ether oxygens (including phenoxy) is 2. The second kappa shape index (κ2) is 6.36. The predicted molar refractivity (Wildman–Crippen MR) is 82.7 cm³/mol. The van der Waals surface area contributed by atoms with E-state index in [0.29, 0.717) is 10.6 Å². The number of carbonyl (C=O) groups is 1. The van der Waals surface area contributed by atoms with E-state index in [9.17, 15) is 4.79 Å². The number of benzene rings is 1. The Balaban J connectivity index is 2.50. The Kier molecular flexibility index (Phi) is 4.77. The maximum atomic E-state index is 12.5. The van der Waals surface area contributed by atoms with Crippen molar-refractivity contribution in [1.82, 2.24) is 9.97 Å². The van der Waals surface area contributed by atoms with Gasteiger partial charge in [0.15, 0.2) is 5.69 Å². The average Bonchev–Trinajstić information content (AvgIpc) is 2.48. The second-order valence-electron chi connectivity index (χ2n) is 3.72. The molecule has 7 heteroatoms. The molecule has 0 spiro atoms. The first kappa shape index (κ1) is 15.0. The number of carbonyl (C=O) groups excluding carboxylic acids is 1. The van der Waals surface area contributed by atoms with E-state index in [1.807, 2.05) is 0 Å². The molecule has 0 saturated carbocycles. The second-order valence-corrected chi connectivity index (χ2v) is 5.32. The number of aromatic nitrogens is 2. The molecule has 0 aliphatic rings. The van der Waals surface area contributed by atoms with E-state index in [4.69, 9.17) is 21.1 Å². The van der Waals surface area contributed by atoms with Gasteiger partial charge in [-0.05, 0) is 40.8 Å². The third kappa shape index (κ3) is 3.01. The van der Waals surface area contributed by atoms with Crippen molar-refractivity contribution in [2.24, 2.45) is 0 Å². The van der Waals surface area contributed by atoms with E-state index in [0.717, 1.165) is 3.57 Å². The molecular formula is C13H10ClIN2O3. The number of hydrogen-bond donors (Lipinski definition) is 0. The first-order valence-corrected chi connectivity index (χ1v) is 6.97. The maximum Gasteiger partial charge on any atom is 0.247 e. The summed E-state index contributed by atoms with van der Waals surface area (Å²) in [5, 5.41) is 0.481. The lowest BCUT2D eigenvalue weighted by Crippen LogP contribution is -2.10. The topological polar surface area (TPSA) is 61.3 Å². The molecule has 2 rings (SSSR count). The summed E-state index contributed by atoms with van der Waals surface area (Å²) in [5.41, 5.74) is 0.573. The van der Waals surface area contributed by atoms with Gasteiger partial charge in [0.1, 0.15) is 0 Å². The largest absolute Gasteiger partial charge is 0.480 e. The lowest BCUT2D eigenvalue weighted by Gasteiger charge is -2.08. The molecule has 104 valence electrons. The van der Waals surface area contributed by atoms with Crippen molar-refractivity contribution in [2.45, 2.75) is 0 Å². The minimum absolute atomic E-state index is 0.116. The van der Waals surface area contributed by atoms with Crippen LogP contribution in [0.3, 0.4) is 0 Å². The Morgan fingerprint density at radius 1 is 1.30 bits per heavy atom. The minimum Gasteiger partial charge on any atom is -0.480 e. The number of methoxy groups -OCH3 is 2. The van der Waals surface area contributed by atoms with Gasteiger partial charge in [0.2, 0.25) is 17.5 Å². The highest BCUT2D eigenvalue weighted by atomic mass is 127. The standard InChI is InChI=1S/C13H10ClIN2O3/c1-19-10-6-16-11(13(17-10)20-2)12(18)8-5-7(14)3-4-9(8)15/h3-6H,1-2H3. The van der Waals surface area contributed by atoms with Crippen molar-refractivity contribution >= 4 is 40.0 Å². The van der Waals surface area contributed by atoms with Crippen molar-refractivity contribution in [1.29, 1.82) is 0 Å². The predicted octanol–water partition coefficient (Wildman–Crippen LogP) is 2.98. The van der Waals surface area contributed by atoms with Crippen LogP contribution in [0.25, 0.3) is 0 Å². The van der Waals surface area contributed by atoms with Gasteiger partial charge < -0.3 is 9.47 Å². The third-order valence-corrected chi connectivity index (χ3v) is 3.68. The molecule has 2 aromatic rings.